The van der Waals surface area contributed by atoms with Crippen LogP contribution in [-0.2, 0) is 30.0 Å². The average Bonchev–Trinajstić information content (AvgIpc) is 2.24. The molecule has 9 heteroatoms. The molecule has 0 saturated carbocycles. The van der Waals surface area contributed by atoms with E-state index in [1.54, 1.807) is 19.1 Å². The molecule has 19 heavy (non-hydrogen) atoms. The maximum absolute atomic E-state index is 12.3. The van der Waals surface area contributed by atoms with Crippen LogP contribution < -0.4 is 5.44 Å². The van der Waals surface area contributed by atoms with Crippen LogP contribution >= 0.6 is 30.0 Å². The van der Waals surface area contributed by atoms with E-state index in [0.717, 1.165) is 9.83 Å². The molecular formula is C10H15INO5PS. The standard InChI is InChI=1S/C10H15INO5PS/c1-4-16-18(2,13)10-6-8(11)5-9(12-10)7-17-19(3,14)15/h5-6H,4,7H2,1-3H3. The highest BCUT2D eigenvalue weighted by Crippen LogP contribution is 2.40. The number of hydrogen-bond acceptors (Lipinski definition) is 6. The van der Waals surface area contributed by atoms with Crippen molar-refractivity contribution >= 4 is 45.5 Å². The lowest BCUT2D eigenvalue weighted by molar-refractivity contribution is 0.307. The summed E-state index contributed by atoms with van der Waals surface area (Å²) in [5.74, 6) is 0. The van der Waals surface area contributed by atoms with Crippen molar-refractivity contribution in [1.82, 2.24) is 4.98 Å². The number of aromatic nitrogens is 1. The van der Waals surface area contributed by atoms with Crippen LogP contribution in [0.15, 0.2) is 12.1 Å². The summed E-state index contributed by atoms with van der Waals surface area (Å²) < 4.78 is 44.8. The van der Waals surface area contributed by atoms with E-state index in [1.807, 2.05) is 22.6 Å². The predicted octanol–water partition coefficient (Wildman–Crippen LogP) is 1.73. The summed E-state index contributed by atoms with van der Waals surface area (Å²) in [6, 6.07) is 3.32. The molecule has 0 radical (unpaired) electrons. The molecule has 0 aromatic carbocycles. The average molecular weight is 419 g/mol. The Hall–Kier alpha value is -0.0200. The van der Waals surface area contributed by atoms with Gasteiger partial charge in [0.2, 0.25) is 7.37 Å². The maximum Gasteiger partial charge on any atom is 0.264 e. The molecule has 1 rings (SSSR count). The third-order valence-electron chi connectivity index (χ3n) is 2.04. The zero-order chi connectivity index (χ0) is 14.7. The fraction of sp³-hybridized carbons (Fsp3) is 0.500. The van der Waals surface area contributed by atoms with Crippen LogP contribution in [0.2, 0.25) is 0 Å². The highest BCUT2D eigenvalue weighted by molar-refractivity contribution is 14.1. The van der Waals surface area contributed by atoms with Gasteiger partial charge in [-0.2, -0.15) is 8.42 Å². The molecule has 1 aromatic rings. The lowest BCUT2D eigenvalue weighted by atomic mass is 10.4. The third-order valence-corrected chi connectivity index (χ3v) is 5.02. The van der Waals surface area contributed by atoms with Gasteiger partial charge in [0.1, 0.15) is 12.0 Å². The van der Waals surface area contributed by atoms with Crippen molar-refractivity contribution in [2.75, 3.05) is 19.5 Å². The van der Waals surface area contributed by atoms with Gasteiger partial charge in [0.25, 0.3) is 10.1 Å². The second-order valence-corrected chi connectivity index (χ2v) is 9.16. The molecule has 6 nitrogen and oxygen atoms in total. The van der Waals surface area contributed by atoms with Crippen LogP contribution in [0.3, 0.4) is 0 Å². The minimum absolute atomic E-state index is 0.186. The molecule has 1 atom stereocenters. The summed E-state index contributed by atoms with van der Waals surface area (Å²) in [5, 5.41) is 0. The van der Waals surface area contributed by atoms with E-state index < -0.39 is 17.5 Å². The minimum atomic E-state index is -3.54. The Kier molecular flexibility index (Phi) is 5.94. The Balaban J connectivity index is 3.04. The first-order valence-corrected chi connectivity index (χ1v) is 10.3. The van der Waals surface area contributed by atoms with E-state index in [2.05, 4.69) is 9.17 Å². The van der Waals surface area contributed by atoms with E-state index in [-0.39, 0.29) is 6.61 Å². The lowest BCUT2D eigenvalue weighted by Crippen LogP contribution is -2.15. The summed E-state index contributed by atoms with van der Waals surface area (Å²) in [7, 11) is -6.52. The number of hydrogen-bond donors (Lipinski definition) is 0. The summed E-state index contributed by atoms with van der Waals surface area (Å²) in [6.07, 6.45) is 0.965. The van der Waals surface area contributed by atoms with Gasteiger partial charge in [0.15, 0.2) is 0 Å². The molecule has 0 spiro atoms. The van der Waals surface area contributed by atoms with E-state index in [9.17, 15) is 13.0 Å². The van der Waals surface area contributed by atoms with Crippen molar-refractivity contribution in [3.05, 3.63) is 21.4 Å². The molecule has 108 valence electrons. The first-order chi connectivity index (χ1) is 8.64. The van der Waals surface area contributed by atoms with Crippen molar-refractivity contribution in [1.29, 1.82) is 0 Å². The van der Waals surface area contributed by atoms with Crippen LogP contribution in [0.5, 0.6) is 0 Å². The number of nitrogens with zero attached hydrogens (tertiary/aromatic N) is 1. The Morgan fingerprint density at radius 3 is 2.58 bits per heavy atom. The predicted molar refractivity (Wildman–Crippen MR) is 81.4 cm³/mol. The van der Waals surface area contributed by atoms with Gasteiger partial charge in [-0.05, 0) is 41.6 Å². The minimum Gasteiger partial charge on any atom is -0.325 e. The number of halogens is 1. The van der Waals surface area contributed by atoms with Crippen LogP contribution in [-0.4, -0.2) is 32.9 Å². The molecular weight excluding hydrogens is 404 g/mol. The Bertz CT molecular complexity index is 604. The van der Waals surface area contributed by atoms with Gasteiger partial charge in [0.05, 0.1) is 18.6 Å². The molecule has 0 aliphatic carbocycles. The molecule has 1 heterocycles. The zero-order valence-corrected chi connectivity index (χ0v) is 14.7. The molecule has 1 unspecified atom stereocenters. The van der Waals surface area contributed by atoms with Crippen LogP contribution in [0.25, 0.3) is 0 Å². The van der Waals surface area contributed by atoms with Crippen molar-refractivity contribution in [2.45, 2.75) is 13.5 Å². The molecule has 0 N–H and O–H groups in total. The molecule has 0 saturated heterocycles. The van der Waals surface area contributed by atoms with Gasteiger partial charge in [0, 0.05) is 10.2 Å². The SMILES string of the molecule is CCOP(C)(=O)c1cc(I)cc(COS(C)(=O)=O)n1. The van der Waals surface area contributed by atoms with Crippen LogP contribution in [0.4, 0.5) is 0 Å². The first-order valence-electron chi connectivity index (χ1n) is 5.37. The molecule has 0 aliphatic rings. The highest BCUT2D eigenvalue weighted by atomic mass is 127. The van der Waals surface area contributed by atoms with Crippen LogP contribution in [0, 0.1) is 3.57 Å². The highest BCUT2D eigenvalue weighted by Gasteiger charge is 2.21. The topological polar surface area (TPSA) is 82.6 Å². The van der Waals surface area contributed by atoms with Crippen molar-refractivity contribution < 1.29 is 21.7 Å². The first kappa shape index (κ1) is 17.0. The second-order valence-electron chi connectivity index (χ2n) is 3.86. The fourth-order valence-corrected chi connectivity index (χ4v) is 3.84. The Labute approximate surface area is 126 Å². The van der Waals surface area contributed by atoms with Gasteiger partial charge < -0.3 is 4.52 Å². The Morgan fingerprint density at radius 1 is 1.42 bits per heavy atom. The second kappa shape index (κ2) is 6.62. The van der Waals surface area contributed by atoms with Gasteiger partial charge in [-0.3, -0.25) is 8.75 Å². The quantitative estimate of drug-likeness (QED) is 0.397. The normalized spacial score (nSPS) is 15.2. The summed E-state index contributed by atoms with van der Waals surface area (Å²) in [6.45, 7) is 3.36. The number of rotatable bonds is 6. The maximum atomic E-state index is 12.3. The molecule has 0 fully saturated rings. The fourth-order valence-electron chi connectivity index (χ4n) is 1.30. The van der Waals surface area contributed by atoms with E-state index >= 15 is 0 Å². The monoisotopic (exact) mass is 419 g/mol. The van der Waals surface area contributed by atoms with E-state index in [0.29, 0.717) is 17.7 Å². The van der Waals surface area contributed by atoms with E-state index in [4.69, 9.17) is 4.52 Å². The van der Waals surface area contributed by atoms with E-state index in [1.165, 1.54) is 6.66 Å². The van der Waals surface area contributed by atoms with Crippen molar-refractivity contribution in [2.24, 2.45) is 0 Å². The lowest BCUT2D eigenvalue weighted by Gasteiger charge is -2.13. The van der Waals surface area contributed by atoms with Gasteiger partial charge in [-0.15, -0.1) is 0 Å². The molecule has 0 bridgehead atoms. The molecule has 0 amide bonds. The van der Waals surface area contributed by atoms with Crippen LogP contribution in [0.1, 0.15) is 12.6 Å². The van der Waals surface area contributed by atoms with Crippen molar-refractivity contribution in [3.8, 4) is 0 Å². The van der Waals surface area contributed by atoms with Crippen molar-refractivity contribution in [3.63, 3.8) is 0 Å². The largest absolute Gasteiger partial charge is 0.325 e. The zero-order valence-electron chi connectivity index (χ0n) is 10.8. The number of pyridine rings is 1. The Morgan fingerprint density at radius 2 is 2.05 bits per heavy atom. The summed E-state index contributed by atoms with van der Waals surface area (Å²) >= 11 is 2.04. The molecule has 0 aliphatic heterocycles. The van der Waals surface area contributed by atoms with Gasteiger partial charge in [-0.25, -0.2) is 4.98 Å². The smallest absolute Gasteiger partial charge is 0.264 e. The summed E-state index contributed by atoms with van der Waals surface area (Å²) in [4.78, 5) is 4.14. The summed E-state index contributed by atoms with van der Waals surface area (Å²) in [5.41, 5.74) is 0.711. The van der Waals surface area contributed by atoms with Gasteiger partial charge in [-0.1, -0.05) is 0 Å². The molecule has 1 aromatic heterocycles. The third kappa shape index (κ3) is 5.86. The van der Waals surface area contributed by atoms with Gasteiger partial charge >= 0.3 is 0 Å².